The first-order valence-corrected chi connectivity index (χ1v) is 10.4. The Bertz CT molecular complexity index is 976. The Morgan fingerprint density at radius 3 is 2.89 bits per heavy atom. The molecule has 0 aliphatic heterocycles. The van der Waals surface area contributed by atoms with Crippen LogP contribution in [0.15, 0.2) is 46.8 Å². The van der Waals surface area contributed by atoms with Crippen molar-refractivity contribution in [3.05, 3.63) is 59.4 Å². The van der Waals surface area contributed by atoms with Crippen LogP contribution in [-0.4, -0.2) is 21.9 Å². The lowest BCUT2D eigenvalue weighted by molar-refractivity contribution is -0.113. The minimum absolute atomic E-state index is 0.0863. The number of hydrogen-bond donors (Lipinski definition) is 2. The summed E-state index contributed by atoms with van der Waals surface area (Å²) in [7, 11) is 0. The van der Waals surface area contributed by atoms with Gasteiger partial charge in [0.15, 0.2) is 4.34 Å². The van der Waals surface area contributed by atoms with Crippen LogP contribution in [0.4, 0.5) is 20.9 Å². The molecule has 0 saturated carbocycles. The number of hydrogen-bond acceptors (Lipinski definition) is 6. The zero-order valence-corrected chi connectivity index (χ0v) is 16.0. The van der Waals surface area contributed by atoms with Gasteiger partial charge in [0.1, 0.15) is 5.82 Å². The number of amides is 1. The van der Waals surface area contributed by atoms with Crippen molar-refractivity contribution < 1.29 is 9.18 Å². The van der Waals surface area contributed by atoms with Crippen molar-refractivity contribution in [2.45, 2.75) is 23.6 Å². The largest absolute Gasteiger partial charge is 0.328 e. The van der Waals surface area contributed by atoms with E-state index in [0.29, 0.717) is 15.2 Å². The zero-order chi connectivity index (χ0) is 18.6. The van der Waals surface area contributed by atoms with Crippen molar-refractivity contribution in [2.75, 3.05) is 16.4 Å². The quantitative estimate of drug-likeness (QED) is 0.590. The predicted octanol–water partition coefficient (Wildman–Crippen LogP) is 4.64. The molecule has 0 spiro atoms. The van der Waals surface area contributed by atoms with E-state index in [9.17, 15) is 9.18 Å². The Hall–Kier alpha value is -2.45. The predicted molar refractivity (Wildman–Crippen MR) is 107 cm³/mol. The van der Waals surface area contributed by atoms with Crippen LogP contribution in [0.3, 0.4) is 0 Å². The first-order valence-electron chi connectivity index (χ1n) is 8.57. The molecule has 0 unspecified atom stereocenters. The van der Waals surface area contributed by atoms with E-state index >= 15 is 0 Å². The number of carbonyl (C=O) groups is 1. The molecule has 1 aromatic heterocycles. The standard InChI is InChI=1S/C19H17FN4OS2/c20-15-6-1-2-7-16(15)22-18-23-24-19(27-18)26-11-17(25)21-14-9-8-12-4-3-5-13(12)10-14/h1-2,6-10H,3-5,11H2,(H,21,25)(H,22,23). The number of rotatable bonds is 6. The van der Waals surface area contributed by atoms with E-state index < -0.39 is 0 Å². The number of carbonyl (C=O) groups excluding carboxylic acids is 1. The summed E-state index contributed by atoms with van der Waals surface area (Å²) in [6.45, 7) is 0. The first kappa shape index (κ1) is 17.9. The number of halogens is 1. The van der Waals surface area contributed by atoms with Crippen LogP contribution in [0.5, 0.6) is 0 Å². The number of nitrogens with one attached hydrogen (secondary N) is 2. The van der Waals surface area contributed by atoms with Gasteiger partial charge in [-0.05, 0) is 54.7 Å². The van der Waals surface area contributed by atoms with Gasteiger partial charge in [-0.1, -0.05) is 41.3 Å². The number of fused-ring (bicyclic) bond motifs is 1. The van der Waals surface area contributed by atoms with Gasteiger partial charge >= 0.3 is 0 Å². The van der Waals surface area contributed by atoms with Gasteiger partial charge in [-0.2, -0.15) is 0 Å². The van der Waals surface area contributed by atoms with E-state index in [-0.39, 0.29) is 17.5 Å². The van der Waals surface area contributed by atoms with E-state index in [2.05, 4.69) is 33.0 Å². The van der Waals surface area contributed by atoms with Gasteiger partial charge in [-0.15, -0.1) is 10.2 Å². The monoisotopic (exact) mass is 400 g/mol. The molecule has 1 heterocycles. The van der Waals surface area contributed by atoms with E-state index in [1.54, 1.807) is 18.2 Å². The van der Waals surface area contributed by atoms with E-state index in [0.717, 1.165) is 18.5 Å². The minimum Gasteiger partial charge on any atom is -0.328 e. The van der Waals surface area contributed by atoms with Crippen molar-refractivity contribution >= 4 is 45.5 Å². The summed E-state index contributed by atoms with van der Waals surface area (Å²) in [5.74, 6) is -0.196. The third-order valence-corrected chi connectivity index (χ3v) is 6.20. The summed E-state index contributed by atoms with van der Waals surface area (Å²) in [5.41, 5.74) is 3.89. The molecule has 0 atom stereocenters. The molecule has 2 aromatic carbocycles. The van der Waals surface area contributed by atoms with Crippen LogP contribution in [-0.2, 0) is 17.6 Å². The number of benzene rings is 2. The van der Waals surface area contributed by atoms with Crippen LogP contribution in [0.2, 0.25) is 0 Å². The van der Waals surface area contributed by atoms with Gasteiger partial charge in [0, 0.05) is 5.69 Å². The lowest BCUT2D eigenvalue weighted by Crippen LogP contribution is -2.14. The molecule has 2 N–H and O–H groups in total. The highest BCUT2D eigenvalue weighted by Gasteiger charge is 2.13. The van der Waals surface area contributed by atoms with E-state index in [1.165, 1.54) is 46.7 Å². The normalized spacial score (nSPS) is 12.6. The molecule has 138 valence electrons. The third kappa shape index (κ3) is 4.45. The van der Waals surface area contributed by atoms with Crippen LogP contribution >= 0.6 is 23.1 Å². The highest BCUT2D eigenvalue weighted by molar-refractivity contribution is 8.01. The van der Waals surface area contributed by atoms with E-state index in [4.69, 9.17) is 0 Å². The maximum absolute atomic E-state index is 13.7. The third-order valence-electron chi connectivity index (χ3n) is 4.23. The van der Waals surface area contributed by atoms with Gasteiger partial charge in [0.25, 0.3) is 0 Å². The summed E-state index contributed by atoms with van der Waals surface area (Å²) in [5, 5.41) is 14.3. The summed E-state index contributed by atoms with van der Waals surface area (Å²) in [6, 6.07) is 12.5. The molecule has 4 rings (SSSR count). The van der Waals surface area contributed by atoms with Crippen LogP contribution in [0, 0.1) is 5.82 Å². The fourth-order valence-electron chi connectivity index (χ4n) is 2.97. The Labute approximate surface area is 164 Å². The molecular formula is C19H17FN4OS2. The van der Waals surface area contributed by atoms with Crippen LogP contribution in [0.25, 0.3) is 0 Å². The molecule has 1 aliphatic rings. The van der Waals surface area contributed by atoms with Gasteiger partial charge < -0.3 is 10.6 Å². The number of para-hydroxylation sites is 1. The van der Waals surface area contributed by atoms with Crippen molar-refractivity contribution in [1.82, 2.24) is 10.2 Å². The Kier molecular flexibility index (Phi) is 5.35. The molecule has 5 nitrogen and oxygen atoms in total. The second kappa shape index (κ2) is 8.06. The lowest BCUT2D eigenvalue weighted by atomic mass is 10.1. The summed E-state index contributed by atoms with van der Waals surface area (Å²) >= 11 is 2.59. The Balaban J connectivity index is 1.30. The maximum atomic E-state index is 13.7. The lowest BCUT2D eigenvalue weighted by Gasteiger charge is -2.06. The second-order valence-corrected chi connectivity index (χ2v) is 8.35. The molecule has 1 amide bonds. The highest BCUT2D eigenvalue weighted by Crippen LogP contribution is 2.29. The molecule has 0 saturated heterocycles. The molecule has 1 aliphatic carbocycles. The fraction of sp³-hybridized carbons (Fsp3) is 0.211. The van der Waals surface area contributed by atoms with Crippen LogP contribution < -0.4 is 10.6 Å². The molecule has 0 radical (unpaired) electrons. The number of aryl methyl sites for hydroxylation is 2. The smallest absolute Gasteiger partial charge is 0.234 e. The molecule has 3 aromatic rings. The number of aromatic nitrogens is 2. The topological polar surface area (TPSA) is 66.9 Å². The van der Waals surface area contributed by atoms with Crippen molar-refractivity contribution in [1.29, 1.82) is 0 Å². The molecule has 0 fully saturated rings. The Morgan fingerprint density at radius 2 is 2.00 bits per heavy atom. The fourth-order valence-corrected chi connectivity index (χ4v) is 4.53. The van der Waals surface area contributed by atoms with Gasteiger partial charge in [0.2, 0.25) is 11.0 Å². The molecule has 0 bridgehead atoms. The van der Waals surface area contributed by atoms with Crippen LogP contribution in [0.1, 0.15) is 17.5 Å². The first-order chi connectivity index (χ1) is 13.2. The SMILES string of the molecule is O=C(CSc1nnc(Nc2ccccc2F)s1)Nc1ccc2c(c1)CCC2. The maximum Gasteiger partial charge on any atom is 0.234 e. The zero-order valence-electron chi connectivity index (χ0n) is 14.4. The van der Waals surface area contributed by atoms with Crippen molar-refractivity contribution in [3.63, 3.8) is 0 Å². The Morgan fingerprint density at radius 1 is 1.15 bits per heavy atom. The molecular weight excluding hydrogens is 383 g/mol. The molecule has 8 heteroatoms. The average molecular weight is 401 g/mol. The van der Waals surface area contributed by atoms with E-state index in [1.807, 2.05) is 6.07 Å². The summed E-state index contributed by atoms with van der Waals surface area (Å²) in [6.07, 6.45) is 3.39. The highest BCUT2D eigenvalue weighted by atomic mass is 32.2. The molecule has 27 heavy (non-hydrogen) atoms. The number of nitrogens with zero attached hydrogens (tertiary/aromatic N) is 2. The van der Waals surface area contributed by atoms with Crippen molar-refractivity contribution in [3.8, 4) is 0 Å². The number of thioether (sulfide) groups is 1. The minimum atomic E-state index is -0.351. The number of anilines is 3. The second-order valence-electron chi connectivity index (χ2n) is 6.15. The average Bonchev–Trinajstić information content (AvgIpc) is 3.31. The van der Waals surface area contributed by atoms with Gasteiger partial charge in [0.05, 0.1) is 11.4 Å². The summed E-state index contributed by atoms with van der Waals surface area (Å²) < 4.78 is 14.3. The van der Waals surface area contributed by atoms with Gasteiger partial charge in [-0.25, -0.2) is 4.39 Å². The summed E-state index contributed by atoms with van der Waals surface area (Å²) in [4.78, 5) is 12.2. The van der Waals surface area contributed by atoms with Crippen molar-refractivity contribution in [2.24, 2.45) is 0 Å². The van der Waals surface area contributed by atoms with Gasteiger partial charge in [-0.3, -0.25) is 4.79 Å².